The summed E-state index contributed by atoms with van der Waals surface area (Å²) < 4.78 is 24.5. The maximum atomic E-state index is 12.7. The largest absolute Gasteiger partial charge is 0.481 e. The molecule has 1 rings (SSSR count). The number of benzene rings is 1. The third kappa shape index (κ3) is 4.09. The monoisotopic (exact) mass is 294 g/mol. The number of hydrogen-bond donors (Lipinski definition) is 1. The molecular weight excluding hydrogens is 287 g/mol. The van der Waals surface area contributed by atoms with E-state index in [0.29, 0.717) is 10.0 Å². The van der Waals surface area contributed by atoms with Crippen molar-refractivity contribution < 1.29 is 18.5 Å². The Labute approximate surface area is 96.9 Å². The topological polar surface area (TPSA) is 54.4 Å². The highest BCUT2D eigenvalue weighted by atomic mass is 79.9. The Bertz CT molecular complexity index is 408. The van der Waals surface area contributed by atoms with E-state index in [4.69, 9.17) is 5.11 Å². The minimum Gasteiger partial charge on any atom is -0.481 e. The second kappa shape index (κ2) is 5.37. The molecule has 1 aromatic carbocycles. The van der Waals surface area contributed by atoms with Crippen LogP contribution < -0.4 is 0 Å². The maximum absolute atomic E-state index is 12.7. The lowest BCUT2D eigenvalue weighted by Gasteiger charge is -2.03. The predicted octanol–water partition coefficient (Wildman–Crippen LogP) is 1.92. The molecule has 0 aliphatic heterocycles. The molecule has 6 heteroatoms. The zero-order valence-electron chi connectivity index (χ0n) is 7.57. The van der Waals surface area contributed by atoms with Crippen molar-refractivity contribution in [2.75, 3.05) is 5.75 Å². The van der Waals surface area contributed by atoms with Crippen molar-refractivity contribution in [3.8, 4) is 0 Å². The van der Waals surface area contributed by atoms with Crippen LogP contribution in [0.5, 0.6) is 0 Å². The second-order valence-electron chi connectivity index (χ2n) is 2.86. The van der Waals surface area contributed by atoms with Gasteiger partial charge in [-0.1, -0.05) is 22.0 Å². The van der Waals surface area contributed by atoms with E-state index >= 15 is 0 Å². The lowest BCUT2D eigenvalue weighted by molar-refractivity contribution is -0.133. The van der Waals surface area contributed by atoms with Crippen LogP contribution in [0, 0.1) is 5.82 Å². The van der Waals surface area contributed by atoms with Crippen molar-refractivity contribution >= 4 is 32.7 Å². The van der Waals surface area contributed by atoms with Crippen LogP contribution in [-0.4, -0.2) is 21.0 Å². The van der Waals surface area contributed by atoms with E-state index in [9.17, 15) is 13.4 Å². The summed E-state index contributed by atoms with van der Waals surface area (Å²) in [7, 11) is -1.47. The van der Waals surface area contributed by atoms with Crippen molar-refractivity contribution in [1.29, 1.82) is 0 Å². The molecule has 0 aromatic heterocycles. The van der Waals surface area contributed by atoms with E-state index in [-0.39, 0.29) is 5.75 Å². The third-order valence-corrected chi connectivity index (χ3v) is 3.56. The summed E-state index contributed by atoms with van der Waals surface area (Å²) >= 11 is 3.12. The number of carbonyl (C=O) groups is 1. The lowest BCUT2D eigenvalue weighted by atomic mass is 10.2. The minimum absolute atomic E-state index is 0.104. The smallest absolute Gasteiger partial charge is 0.316 e. The number of hydrogen-bond acceptors (Lipinski definition) is 2. The highest BCUT2D eigenvalue weighted by Gasteiger charge is 2.09. The number of carboxylic acids is 1. The molecule has 0 bridgehead atoms. The zero-order chi connectivity index (χ0) is 11.4. The van der Waals surface area contributed by atoms with Crippen LogP contribution in [0.4, 0.5) is 4.39 Å². The molecule has 0 radical (unpaired) electrons. The summed E-state index contributed by atoms with van der Waals surface area (Å²) in [6.45, 7) is 0. The number of halogens is 2. The minimum atomic E-state index is -1.47. The number of aliphatic carboxylic acids is 1. The SMILES string of the molecule is O=C(O)CS(=O)Cc1ccc(F)cc1Br. The fraction of sp³-hybridized carbons (Fsp3) is 0.222. The molecule has 0 saturated heterocycles. The fourth-order valence-corrected chi connectivity index (χ4v) is 2.65. The summed E-state index contributed by atoms with van der Waals surface area (Å²) in [6, 6.07) is 3.99. The molecule has 0 amide bonds. The van der Waals surface area contributed by atoms with Gasteiger partial charge in [0, 0.05) is 15.3 Å². The van der Waals surface area contributed by atoms with Crippen LogP contribution in [0.1, 0.15) is 5.56 Å². The van der Waals surface area contributed by atoms with Gasteiger partial charge in [-0.25, -0.2) is 4.39 Å². The van der Waals surface area contributed by atoms with Crippen molar-refractivity contribution in [2.24, 2.45) is 0 Å². The molecule has 0 aliphatic rings. The van der Waals surface area contributed by atoms with E-state index in [1.54, 1.807) is 0 Å². The first-order chi connectivity index (χ1) is 6.99. The third-order valence-electron chi connectivity index (χ3n) is 1.62. The highest BCUT2D eigenvalue weighted by Crippen LogP contribution is 2.19. The van der Waals surface area contributed by atoms with Crippen LogP contribution in [0.3, 0.4) is 0 Å². The van der Waals surface area contributed by atoms with E-state index in [1.807, 2.05) is 0 Å². The molecule has 0 heterocycles. The Balaban J connectivity index is 2.72. The standard InChI is InChI=1S/C9H8BrFO3S/c10-8-3-7(11)2-1-6(8)4-15(14)5-9(12)13/h1-3H,4-5H2,(H,12,13). The van der Waals surface area contributed by atoms with Crippen molar-refractivity contribution in [2.45, 2.75) is 5.75 Å². The van der Waals surface area contributed by atoms with Crippen molar-refractivity contribution in [3.05, 3.63) is 34.1 Å². The molecule has 0 aliphatic carbocycles. The van der Waals surface area contributed by atoms with E-state index < -0.39 is 28.3 Å². The quantitative estimate of drug-likeness (QED) is 0.923. The summed E-state index contributed by atoms with van der Waals surface area (Å²) in [5.74, 6) is -1.79. The summed E-state index contributed by atoms with van der Waals surface area (Å²) in [4.78, 5) is 10.3. The lowest BCUT2D eigenvalue weighted by Crippen LogP contribution is -2.10. The normalized spacial score (nSPS) is 12.4. The first kappa shape index (κ1) is 12.3. The maximum Gasteiger partial charge on any atom is 0.316 e. The van der Waals surface area contributed by atoms with Crippen LogP contribution in [0.15, 0.2) is 22.7 Å². The average Bonchev–Trinajstić information content (AvgIpc) is 2.08. The molecular formula is C9H8BrFO3S. The van der Waals surface area contributed by atoms with Gasteiger partial charge in [0.15, 0.2) is 0 Å². The highest BCUT2D eigenvalue weighted by molar-refractivity contribution is 9.10. The number of rotatable bonds is 4. The predicted molar refractivity (Wildman–Crippen MR) is 58.4 cm³/mol. The van der Waals surface area contributed by atoms with Crippen LogP contribution >= 0.6 is 15.9 Å². The average molecular weight is 295 g/mol. The van der Waals surface area contributed by atoms with E-state index in [0.717, 1.165) is 0 Å². The van der Waals surface area contributed by atoms with Gasteiger partial charge in [0.2, 0.25) is 0 Å². The molecule has 3 nitrogen and oxygen atoms in total. The zero-order valence-corrected chi connectivity index (χ0v) is 9.98. The van der Waals surface area contributed by atoms with Gasteiger partial charge in [-0.05, 0) is 17.7 Å². The summed E-state index contributed by atoms with van der Waals surface area (Å²) in [6.07, 6.45) is 0. The molecule has 1 N–H and O–H groups in total. The van der Waals surface area contributed by atoms with E-state index in [2.05, 4.69) is 15.9 Å². The first-order valence-corrected chi connectivity index (χ1v) is 6.28. The van der Waals surface area contributed by atoms with Crippen LogP contribution in [0.2, 0.25) is 0 Å². The second-order valence-corrected chi connectivity index (χ2v) is 5.17. The van der Waals surface area contributed by atoms with Crippen molar-refractivity contribution in [1.82, 2.24) is 0 Å². The molecule has 82 valence electrons. The van der Waals surface area contributed by atoms with Gasteiger partial charge in [-0.2, -0.15) is 0 Å². The number of carboxylic acid groups (broad SMARTS) is 1. The van der Waals surface area contributed by atoms with Gasteiger partial charge in [0.25, 0.3) is 0 Å². The molecule has 0 saturated carbocycles. The molecule has 0 fully saturated rings. The Morgan fingerprint density at radius 3 is 2.73 bits per heavy atom. The van der Waals surface area contributed by atoms with Crippen molar-refractivity contribution in [3.63, 3.8) is 0 Å². The Morgan fingerprint density at radius 2 is 2.20 bits per heavy atom. The Kier molecular flexibility index (Phi) is 4.41. The molecule has 1 unspecified atom stereocenters. The molecule has 15 heavy (non-hydrogen) atoms. The van der Waals surface area contributed by atoms with Crippen LogP contribution in [-0.2, 0) is 21.3 Å². The Morgan fingerprint density at radius 1 is 1.53 bits per heavy atom. The van der Waals surface area contributed by atoms with Gasteiger partial charge in [-0.15, -0.1) is 0 Å². The van der Waals surface area contributed by atoms with Gasteiger partial charge in [-0.3, -0.25) is 9.00 Å². The summed E-state index contributed by atoms with van der Waals surface area (Å²) in [5, 5.41) is 8.41. The van der Waals surface area contributed by atoms with E-state index in [1.165, 1.54) is 18.2 Å². The molecule has 1 atom stereocenters. The summed E-state index contributed by atoms with van der Waals surface area (Å²) in [5.41, 5.74) is 0.635. The molecule has 1 aromatic rings. The van der Waals surface area contributed by atoms with Gasteiger partial charge >= 0.3 is 5.97 Å². The van der Waals surface area contributed by atoms with Gasteiger partial charge in [0.05, 0.1) is 5.75 Å². The van der Waals surface area contributed by atoms with Crippen LogP contribution in [0.25, 0.3) is 0 Å². The fourth-order valence-electron chi connectivity index (χ4n) is 1.00. The molecule has 0 spiro atoms. The van der Waals surface area contributed by atoms with Gasteiger partial charge < -0.3 is 5.11 Å². The first-order valence-electron chi connectivity index (χ1n) is 3.99. The van der Waals surface area contributed by atoms with Gasteiger partial charge in [0.1, 0.15) is 11.6 Å². The Hall–Kier alpha value is -0.750.